The molecule has 4 heteroatoms. The Kier molecular flexibility index (Phi) is 6.60. The van der Waals surface area contributed by atoms with Gasteiger partial charge in [0.1, 0.15) is 0 Å². The third kappa shape index (κ3) is 4.55. The summed E-state index contributed by atoms with van der Waals surface area (Å²) in [6, 6.07) is 0. The van der Waals surface area contributed by atoms with Gasteiger partial charge >= 0.3 is 0 Å². The summed E-state index contributed by atoms with van der Waals surface area (Å²) in [4.78, 5) is 7.19. The lowest BCUT2D eigenvalue weighted by Crippen LogP contribution is -2.65. The molecule has 0 fully saturated rings. The van der Waals surface area contributed by atoms with Gasteiger partial charge in [0, 0.05) is 5.54 Å². The van der Waals surface area contributed by atoms with Crippen molar-refractivity contribution in [2.24, 2.45) is 0 Å². The minimum absolute atomic E-state index is 0.260. The highest BCUT2D eigenvalue weighted by atomic mass is 28.3. The summed E-state index contributed by atoms with van der Waals surface area (Å²) >= 11 is 0. The van der Waals surface area contributed by atoms with E-state index in [1.807, 2.05) is 0 Å². The fourth-order valence-corrected chi connectivity index (χ4v) is 4.22. The molecule has 0 spiro atoms. The van der Waals surface area contributed by atoms with E-state index in [0.29, 0.717) is 0 Å². The number of nitrogens with one attached hydrogen (secondary N) is 2. The molecule has 0 saturated carbocycles. The van der Waals surface area contributed by atoms with Gasteiger partial charge in [-0.3, -0.25) is 4.57 Å². The van der Waals surface area contributed by atoms with Gasteiger partial charge in [0.15, 0.2) is 0 Å². The van der Waals surface area contributed by atoms with E-state index in [4.69, 9.17) is 0 Å². The van der Waals surface area contributed by atoms with E-state index in [-0.39, 0.29) is 5.54 Å². The molecule has 0 aliphatic rings. The highest BCUT2D eigenvalue weighted by Gasteiger charge is 2.27. The summed E-state index contributed by atoms with van der Waals surface area (Å²) in [5.41, 5.74) is 0.260. The van der Waals surface area contributed by atoms with Crippen LogP contribution in [0.3, 0.4) is 0 Å². The highest BCUT2D eigenvalue weighted by molar-refractivity contribution is 6.50. The molecule has 0 rings (SSSR count). The lowest BCUT2D eigenvalue weighted by atomic mass is 10.1. The standard InChI is InChI=1S/C10H27N3Si/c1-7-11-14(12-8-2)13(9-3)10(4,5)6/h11-12,14H,7-9H2,1-6H3. The zero-order valence-corrected chi connectivity index (χ0v) is 11.8. The Morgan fingerprint density at radius 1 is 1.00 bits per heavy atom. The third-order valence-electron chi connectivity index (χ3n) is 2.31. The minimum Gasteiger partial charge on any atom is -0.316 e. The monoisotopic (exact) mass is 217 g/mol. The Labute approximate surface area is 91.1 Å². The molecule has 0 amide bonds. The van der Waals surface area contributed by atoms with E-state index in [0.717, 1.165) is 19.6 Å². The summed E-state index contributed by atoms with van der Waals surface area (Å²) in [5.74, 6) is 0. The normalized spacial score (nSPS) is 12.9. The van der Waals surface area contributed by atoms with E-state index in [2.05, 4.69) is 56.1 Å². The van der Waals surface area contributed by atoms with Crippen LogP contribution in [0.15, 0.2) is 0 Å². The van der Waals surface area contributed by atoms with Gasteiger partial charge in [-0.25, -0.2) is 0 Å². The van der Waals surface area contributed by atoms with Crippen LogP contribution in [0.4, 0.5) is 0 Å². The quantitative estimate of drug-likeness (QED) is 0.651. The molecule has 86 valence electrons. The average Bonchev–Trinajstić information content (AvgIpc) is 2.03. The maximum absolute atomic E-state index is 3.59. The van der Waals surface area contributed by atoms with Gasteiger partial charge in [0.2, 0.25) is 0 Å². The summed E-state index contributed by atoms with van der Waals surface area (Å²) in [6.45, 7) is 16.6. The second-order valence-electron chi connectivity index (χ2n) is 4.47. The van der Waals surface area contributed by atoms with Gasteiger partial charge < -0.3 is 9.96 Å². The Balaban J connectivity index is 4.41. The second kappa shape index (κ2) is 6.56. The molecular weight excluding hydrogens is 190 g/mol. The topological polar surface area (TPSA) is 27.3 Å². The summed E-state index contributed by atoms with van der Waals surface area (Å²) in [7, 11) is -1.14. The SMILES string of the molecule is CCN[SiH](NCC)N(CC)C(C)(C)C. The van der Waals surface area contributed by atoms with Gasteiger partial charge in [0.25, 0.3) is 9.28 Å². The van der Waals surface area contributed by atoms with Crippen LogP contribution in [0, 0.1) is 0 Å². The maximum Gasteiger partial charge on any atom is 0.267 e. The number of hydrogen-bond acceptors (Lipinski definition) is 3. The van der Waals surface area contributed by atoms with Crippen LogP contribution in [-0.4, -0.2) is 39.0 Å². The molecule has 0 unspecified atom stereocenters. The van der Waals surface area contributed by atoms with Gasteiger partial charge in [-0.2, -0.15) is 0 Å². The van der Waals surface area contributed by atoms with Crippen molar-refractivity contribution in [3.8, 4) is 0 Å². The van der Waals surface area contributed by atoms with Crippen molar-refractivity contribution in [1.29, 1.82) is 0 Å². The molecule has 3 nitrogen and oxygen atoms in total. The molecule has 0 aliphatic heterocycles. The molecule has 0 radical (unpaired) electrons. The molecule has 0 aliphatic carbocycles. The summed E-state index contributed by atoms with van der Waals surface area (Å²) < 4.78 is 2.57. The van der Waals surface area contributed by atoms with Gasteiger partial charge in [0.05, 0.1) is 0 Å². The Hall–Kier alpha value is 0.0969. The molecule has 0 aromatic rings. The van der Waals surface area contributed by atoms with Crippen molar-refractivity contribution >= 4 is 9.28 Å². The van der Waals surface area contributed by atoms with Crippen molar-refractivity contribution in [2.45, 2.75) is 47.1 Å². The Morgan fingerprint density at radius 2 is 1.43 bits per heavy atom. The molecule has 0 atom stereocenters. The smallest absolute Gasteiger partial charge is 0.267 e. The zero-order chi connectivity index (χ0) is 11.2. The number of nitrogens with zero attached hydrogens (tertiary/aromatic N) is 1. The van der Waals surface area contributed by atoms with E-state index in [1.165, 1.54) is 0 Å². The van der Waals surface area contributed by atoms with E-state index >= 15 is 0 Å². The fraction of sp³-hybridized carbons (Fsp3) is 1.00. The predicted molar refractivity (Wildman–Crippen MR) is 66.6 cm³/mol. The van der Waals surface area contributed by atoms with Crippen molar-refractivity contribution in [1.82, 2.24) is 14.5 Å². The van der Waals surface area contributed by atoms with Gasteiger partial charge in [-0.15, -0.1) is 0 Å². The molecule has 0 aromatic heterocycles. The van der Waals surface area contributed by atoms with Crippen LogP contribution >= 0.6 is 0 Å². The maximum atomic E-state index is 3.59. The highest BCUT2D eigenvalue weighted by Crippen LogP contribution is 2.12. The van der Waals surface area contributed by atoms with E-state index < -0.39 is 9.28 Å². The molecular formula is C10H27N3Si. The second-order valence-corrected chi connectivity index (χ2v) is 6.72. The van der Waals surface area contributed by atoms with E-state index in [1.54, 1.807) is 0 Å². The molecule has 14 heavy (non-hydrogen) atoms. The van der Waals surface area contributed by atoms with Crippen LogP contribution in [-0.2, 0) is 0 Å². The molecule has 2 N–H and O–H groups in total. The predicted octanol–water partition coefficient (Wildman–Crippen LogP) is 1.04. The Bertz CT molecular complexity index is 139. The third-order valence-corrected chi connectivity index (χ3v) is 5.66. The van der Waals surface area contributed by atoms with Crippen LogP contribution in [0.25, 0.3) is 0 Å². The van der Waals surface area contributed by atoms with Crippen molar-refractivity contribution in [3.63, 3.8) is 0 Å². The van der Waals surface area contributed by atoms with Crippen LogP contribution in [0.2, 0.25) is 0 Å². The first-order chi connectivity index (χ1) is 6.47. The molecule has 0 bridgehead atoms. The zero-order valence-electron chi connectivity index (χ0n) is 10.6. The fourth-order valence-electron chi connectivity index (χ4n) is 1.72. The Morgan fingerprint density at radius 3 is 1.64 bits per heavy atom. The summed E-state index contributed by atoms with van der Waals surface area (Å²) in [6.07, 6.45) is 0. The molecule has 0 aromatic carbocycles. The first-order valence-corrected chi connectivity index (χ1v) is 7.37. The average molecular weight is 217 g/mol. The number of hydrogen-bond donors (Lipinski definition) is 2. The summed E-state index contributed by atoms with van der Waals surface area (Å²) in [5, 5.41) is 0. The largest absolute Gasteiger partial charge is 0.316 e. The number of rotatable bonds is 6. The van der Waals surface area contributed by atoms with Gasteiger partial charge in [-0.1, -0.05) is 20.8 Å². The lowest BCUT2D eigenvalue weighted by Gasteiger charge is -2.40. The van der Waals surface area contributed by atoms with Gasteiger partial charge in [-0.05, 0) is 40.4 Å². The van der Waals surface area contributed by atoms with Crippen LogP contribution < -0.4 is 9.96 Å². The van der Waals surface area contributed by atoms with Crippen LogP contribution in [0.1, 0.15) is 41.5 Å². The lowest BCUT2D eigenvalue weighted by molar-refractivity contribution is 0.248. The van der Waals surface area contributed by atoms with Crippen molar-refractivity contribution < 1.29 is 0 Å². The minimum atomic E-state index is -1.14. The van der Waals surface area contributed by atoms with Crippen LogP contribution in [0.5, 0.6) is 0 Å². The van der Waals surface area contributed by atoms with E-state index in [9.17, 15) is 0 Å². The molecule has 0 heterocycles. The van der Waals surface area contributed by atoms with Crippen molar-refractivity contribution in [3.05, 3.63) is 0 Å². The first-order valence-electron chi connectivity index (χ1n) is 5.70. The molecule has 0 saturated heterocycles. The first kappa shape index (κ1) is 14.1. The van der Waals surface area contributed by atoms with Crippen molar-refractivity contribution in [2.75, 3.05) is 19.6 Å².